The first-order valence-electron chi connectivity index (χ1n) is 8.74. The Morgan fingerprint density at radius 2 is 1.81 bits per heavy atom. The number of pyridine rings is 1. The van der Waals surface area contributed by atoms with Crippen LogP contribution >= 0.6 is 0 Å². The molecule has 1 aromatic carbocycles. The topological polar surface area (TPSA) is 91.4 Å². The Kier molecular flexibility index (Phi) is 4.42. The van der Waals surface area contributed by atoms with E-state index in [0.717, 1.165) is 0 Å². The first-order chi connectivity index (χ1) is 13.1. The summed E-state index contributed by atoms with van der Waals surface area (Å²) in [6, 6.07) is 10.00. The van der Waals surface area contributed by atoms with Gasteiger partial charge in [0.2, 0.25) is 11.8 Å². The van der Waals surface area contributed by atoms with E-state index in [1.54, 1.807) is 48.8 Å². The van der Waals surface area contributed by atoms with Crippen molar-refractivity contribution in [3.05, 3.63) is 66.5 Å². The average Bonchev–Trinajstić information content (AvgIpc) is 2.71. The second-order valence-electron chi connectivity index (χ2n) is 6.55. The highest BCUT2D eigenvalue weighted by molar-refractivity contribution is 6.07. The smallest absolute Gasteiger partial charge is 0.255 e. The molecule has 2 N–H and O–H groups in total. The predicted octanol–water partition coefficient (Wildman–Crippen LogP) is 2.29. The maximum atomic E-state index is 12.8. The number of anilines is 2. The lowest BCUT2D eigenvalue weighted by molar-refractivity contribution is -0.139. The molecule has 1 saturated heterocycles. The number of carbonyl (C=O) groups is 3. The Morgan fingerprint density at radius 1 is 1.07 bits per heavy atom. The summed E-state index contributed by atoms with van der Waals surface area (Å²) in [6.07, 6.45) is 8.17. The van der Waals surface area contributed by atoms with E-state index in [1.807, 2.05) is 12.2 Å². The highest BCUT2D eigenvalue weighted by atomic mass is 16.2. The summed E-state index contributed by atoms with van der Waals surface area (Å²) in [4.78, 5) is 41.6. The predicted molar refractivity (Wildman–Crippen MR) is 99.6 cm³/mol. The van der Waals surface area contributed by atoms with Gasteiger partial charge in [-0.25, -0.2) is 5.01 Å². The van der Waals surface area contributed by atoms with Crippen molar-refractivity contribution in [2.24, 2.45) is 11.8 Å². The molecule has 2 heterocycles. The highest BCUT2D eigenvalue weighted by Crippen LogP contribution is 2.32. The maximum Gasteiger partial charge on any atom is 0.255 e. The number of allylic oxidation sites excluding steroid dienone is 2. The molecular formula is C20H18N4O3. The molecule has 0 radical (unpaired) electrons. The van der Waals surface area contributed by atoms with Gasteiger partial charge in [-0.05, 0) is 43.2 Å². The molecule has 27 heavy (non-hydrogen) atoms. The number of aromatic nitrogens is 1. The second kappa shape index (κ2) is 7.03. The third-order valence-electron chi connectivity index (χ3n) is 4.83. The van der Waals surface area contributed by atoms with Crippen molar-refractivity contribution in [2.45, 2.75) is 12.8 Å². The molecule has 1 fully saturated rings. The molecular weight excluding hydrogens is 344 g/mol. The van der Waals surface area contributed by atoms with Gasteiger partial charge in [0.15, 0.2) is 0 Å². The van der Waals surface area contributed by atoms with Gasteiger partial charge in [-0.3, -0.25) is 24.8 Å². The van der Waals surface area contributed by atoms with Crippen molar-refractivity contribution in [1.29, 1.82) is 0 Å². The Bertz CT molecular complexity index is 926. The lowest BCUT2D eigenvalue weighted by Gasteiger charge is -2.38. The Labute approximate surface area is 156 Å². The van der Waals surface area contributed by atoms with Crippen LogP contribution < -0.4 is 15.8 Å². The number of rotatable bonds is 3. The van der Waals surface area contributed by atoms with Crippen molar-refractivity contribution in [3.8, 4) is 0 Å². The third kappa shape index (κ3) is 3.31. The van der Waals surface area contributed by atoms with Gasteiger partial charge < -0.3 is 5.32 Å². The normalized spacial score (nSPS) is 21.4. The Hall–Kier alpha value is -3.48. The number of fused-ring (bicyclic) bond motifs is 1. The number of hydrogen-bond donors (Lipinski definition) is 2. The summed E-state index contributed by atoms with van der Waals surface area (Å²) < 4.78 is 0. The van der Waals surface area contributed by atoms with Crippen LogP contribution in [0.2, 0.25) is 0 Å². The molecule has 4 rings (SSSR count). The van der Waals surface area contributed by atoms with E-state index in [0.29, 0.717) is 29.8 Å². The second-order valence-corrected chi connectivity index (χ2v) is 6.55. The molecule has 1 aliphatic heterocycles. The molecule has 7 nitrogen and oxygen atoms in total. The van der Waals surface area contributed by atoms with Crippen LogP contribution in [0.3, 0.4) is 0 Å². The van der Waals surface area contributed by atoms with Crippen LogP contribution in [0.4, 0.5) is 11.4 Å². The van der Waals surface area contributed by atoms with Gasteiger partial charge in [-0.2, -0.15) is 0 Å². The number of benzene rings is 1. The summed E-state index contributed by atoms with van der Waals surface area (Å²) in [5.74, 6) is -1.32. The Morgan fingerprint density at radius 3 is 2.59 bits per heavy atom. The number of carbonyl (C=O) groups excluding carboxylic acids is 3. The summed E-state index contributed by atoms with van der Waals surface area (Å²) in [5.41, 5.74) is 4.14. The number of hydrogen-bond acceptors (Lipinski definition) is 4. The molecule has 0 spiro atoms. The maximum absolute atomic E-state index is 12.8. The molecule has 0 saturated carbocycles. The van der Waals surface area contributed by atoms with E-state index in [4.69, 9.17) is 0 Å². The van der Waals surface area contributed by atoms with Gasteiger partial charge in [0.1, 0.15) is 0 Å². The average molecular weight is 362 g/mol. The van der Waals surface area contributed by atoms with E-state index in [9.17, 15) is 14.4 Å². The number of nitrogens with one attached hydrogen (secondary N) is 2. The lowest BCUT2D eigenvalue weighted by Crippen LogP contribution is -2.59. The van der Waals surface area contributed by atoms with Crippen LogP contribution in [-0.2, 0) is 9.59 Å². The van der Waals surface area contributed by atoms with Crippen LogP contribution in [0.15, 0.2) is 60.9 Å². The van der Waals surface area contributed by atoms with Crippen molar-refractivity contribution in [2.75, 3.05) is 10.3 Å². The molecule has 1 aliphatic carbocycles. The molecule has 136 valence electrons. The highest BCUT2D eigenvalue weighted by Gasteiger charge is 2.42. The van der Waals surface area contributed by atoms with E-state index in [-0.39, 0.29) is 29.6 Å². The zero-order chi connectivity index (χ0) is 18.8. The lowest BCUT2D eigenvalue weighted by atomic mass is 9.80. The van der Waals surface area contributed by atoms with Gasteiger partial charge in [0, 0.05) is 23.6 Å². The van der Waals surface area contributed by atoms with Crippen LogP contribution in [0.5, 0.6) is 0 Å². The summed E-state index contributed by atoms with van der Waals surface area (Å²) >= 11 is 0. The van der Waals surface area contributed by atoms with Crippen LogP contribution in [0.1, 0.15) is 23.2 Å². The number of hydrazine groups is 1. The van der Waals surface area contributed by atoms with E-state index < -0.39 is 0 Å². The summed E-state index contributed by atoms with van der Waals surface area (Å²) in [7, 11) is 0. The van der Waals surface area contributed by atoms with E-state index in [1.165, 1.54) is 5.01 Å². The van der Waals surface area contributed by atoms with Crippen molar-refractivity contribution in [3.63, 3.8) is 0 Å². The SMILES string of the molecule is O=C(Nc1ccncc1)c1cccc(N2NC(=O)[C@@H]3CC=CC[C@@H]3C2=O)c1. The number of amides is 3. The molecule has 7 heteroatoms. The van der Waals surface area contributed by atoms with Crippen LogP contribution in [0, 0.1) is 11.8 Å². The molecule has 2 aromatic rings. The molecule has 0 bridgehead atoms. The minimum Gasteiger partial charge on any atom is -0.322 e. The molecule has 3 amide bonds. The Balaban J connectivity index is 1.57. The minimum atomic E-state index is -0.363. The first kappa shape index (κ1) is 17.0. The first-order valence-corrected chi connectivity index (χ1v) is 8.74. The quantitative estimate of drug-likeness (QED) is 0.820. The summed E-state index contributed by atoms with van der Waals surface area (Å²) in [5, 5.41) is 4.03. The zero-order valence-corrected chi connectivity index (χ0v) is 14.5. The number of nitrogens with zero attached hydrogens (tertiary/aromatic N) is 2. The largest absolute Gasteiger partial charge is 0.322 e. The fourth-order valence-electron chi connectivity index (χ4n) is 3.41. The molecule has 2 atom stereocenters. The van der Waals surface area contributed by atoms with Crippen molar-refractivity contribution in [1.82, 2.24) is 10.4 Å². The standard InChI is InChI=1S/C20H18N4O3/c25-18(22-14-8-10-21-11-9-14)13-4-3-5-15(12-13)24-20(27)17-7-2-1-6-16(17)19(26)23-24/h1-5,8-12,16-17H,6-7H2,(H,23,26)(H,21,22,25)/t16-,17+/m1/s1. The monoisotopic (exact) mass is 362 g/mol. The van der Waals surface area contributed by atoms with Crippen molar-refractivity contribution >= 4 is 29.1 Å². The molecule has 1 aromatic heterocycles. The van der Waals surface area contributed by atoms with Gasteiger partial charge in [-0.15, -0.1) is 0 Å². The van der Waals surface area contributed by atoms with Gasteiger partial charge in [0.05, 0.1) is 17.5 Å². The van der Waals surface area contributed by atoms with Gasteiger partial charge >= 0.3 is 0 Å². The van der Waals surface area contributed by atoms with Crippen LogP contribution in [-0.4, -0.2) is 22.7 Å². The molecule has 2 aliphatic rings. The fourth-order valence-corrected chi connectivity index (χ4v) is 3.41. The third-order valence-corrected chi connectivity index (χ3v) is 4.83. The van der Waals surface area contributed by atoms with Gasteiger partial charge in [0.25, 0.3) is 5.91 Å². The van der Waals surface area contributed by atoms with Crippen molar-refractivity contribution < 1.29 is 14.4 Å². The molecule has 0 unspecified atom stereocenters. The summed E-state index contributed by atoms with van der Waals surface area (Å²) in [6.45, 7) is 0. The fraction of sp³-hybridized carbons (Fsp3) is 0.200. The van der Waals surface area contributed by atoms with Crippen LogP contribution in [0.25, 0.3) is 0 Å². The van der Waals surface area contributed by atoms with Gasteiger partial charge in [-0.1, -0.05) is 18.2 Å². The van der Waals surface area contributed by atoms with E-state index in [2.05, 4.69) is 15.7 Å². The minimum absolute atomic E-state index is 0.157. The van der Waals surface area contributed by atoms with E-state index >= 15 is 0 Å². The zero-order valence-electron chi connectivity index (χ0n) is 14.5.